The molecular weight excluding hydrogens is 340 g/mol. The van der Waals surface area contributed by atoms with Crippen LogP contribution in [0.5, 0.6) is 0 Å². The van der Waals surface area contributed by atoms with Crippen LogP contribution in [0.1, 0.15) is 24.6 Å². The monoisotopic (exact) mass is 358 g/mol. The van der Waals surface area contributed by atoms with E-state index in [9.17, 15) is 24.3 Å². The predicted molar refractivity (Wildman–Crippen MR) is 84.7 cm³/mol. The van der Waals surface area contributed by atoms with Crippen LogP contribution in [0.2, 0.25) is 0 Å². The zero-order valence-electron chi connectivity index (χ0n) is 13.2. The molecule has 1 aromatic rings. The Balaban J connectivity index is 1.99. The van der Waals surface area contributed by atoms with E-state index in [-0.39, 0.29) is 23.7 Å². The summed E-state index contributed by atoms with van der Waals surface area (Å²) in [6.45, 7) is 1.54. The van der Waals surface area contributed by atoms with Gasteiger partial charge in [-0.25, -0.2) is 4.79 Å². The minimum absolute atomic E-state index is 0.230. The first-order valence-electron chi connectivity index (χ1n) is 7.20. The Labute approximate surface area is 141 Å². The van der Waals surface area contributed by atoms with Gasteiger partial charge in [0.2, 0.25) is 0 Å². The van der Waals surface area contributed by atoms with Crippen LogP contribution in [0.4, 0.5) is 0 Å². The number of carbonyl (C=O) groups is 2. The van der Waals surface area contributed by atoms with Crippen LogP contribution in [0.25, 0.3) is 0 Å². The summed E-state index contributed by atoms with van der Waals surface area (Å²) in [7, 11) is 1.20. The Kier molecular flexibility index (Phi) is 5.97. The Morgan fingerprint density at radius 3 is 2.88 bits per heavy atom. The molecule has 0 bridgehead atoms. The highest BCUT2D eigenvalue weighted by molar-refractivity contribution is 8.13. The molecule has 2 heterocycles. The molecule has 0 saturated carbocycles. The number of ether oxygens (including phenoxy) is 2. The van der Waals surface area contributed by atoms with E-state index < -0.39 is 35.7 Å². The maximum Gasteiger partial charge on any atom is 0.330 e. The molecule has 1 aliphatic heterocycles. The lowest BCUT2D eigenvalue weighted by Crippen LogP contribution is -2.36. The molecular formula is C14H18N2O7S. The Hall–Kier alpha value is -1.91. The van der Waals surface area contributed by atoms with Crippen LogP contribution >= 0.6 is 11.8 Å². The van der Waals surface area contributed by atoms with E-state index in [1.165, 1.54) is 20.2 Å². The van der Waals surface area contributed by atoms with Gasteiger partial charge in [-0.1, -0.05) is 11.8 Å². The number of aryl methyl sites for hydroxylation is 1. The van der Waals surface area contributed by atoms with Crippen molar-refractivity contribution in [2.24, 2.45) is 0 Å². The lowest BCUT2D eigenvalue weighted by molar-refractivity contribution is -0.142. The number of esters is 1. The summed E-state index contributed by atoms with van der Waals surface area (Å²) in [6, 6.07) is 0. The molecule has 0 unspecified atom stereocenters. The van der Waals surface area contributed by atoms with Gasteiger partial charge in [-0.3, -0.25) is 23.9 Å². The number of hydrogen-bond donors (Lipinski definition) is 2. The van der Waals surface area contributed by atoms with Crippen LogP contribution in [0, 0.1) is 6.92 Å². The van der Waals surface area contributed by atoms with Crippen molar-refractivity contribution in [3.63, 3.8) is 0 Å². The fourth-order valence-corrected chi connectivity index (χ4v) is 3.10. The van der Waals surface area contributed by atoms with Gasteiger partial charge in [-0.15, -0.1) is 0 Å². The molecule has 2 N–H and O–H groups in total. The molecule has 132 valence electrons. The number of methoxy groups -OCH3 is 1. The van der Waals surface area contributed by atoms with E-state index in [1.54, 1.807) is 0 Å². The van der Waals surface area contributed by atoms with Gasteiger partial charge in [-0.05, 0) is 6.92 Å². The topological polar surface area (TPSA) is 128 Å². The van der Waals surface area contributed by atoms with Gasteiger partial charge in [-0.2, -0.15) is 0 Å². The normalized spacial score (nSPS) is 23.2. The average Bonchev–Trinajstić information content (AvgIpc) is 2.89. The number of carbonyl (C=O) groups excluding carboxylic acids is 2. The van der Waals surface area contributed by atoms with Crippen molar-refractivity contribution in [1.29, 1.82) is 0 Å². The van der Waals surface area contributed by atoms with Gasteiger partial charge >= 0.3 is 11.7 Å². The Bertz CT molecular complexity index is 741. The smallest absolute Gasteiger partial charge is 0.330 e. The highest BCUT2D eigenvalue weighted by atomic mass is 32.2. The molecule has 0 amide bonds. The molecule has 1 saturated heterocycles. The number of aromatic amines is 1. The largest absolute Gasteiger partial charge is 0.469 e. The van der Waals surface area contributed by atoms with Crippen molar-refractivity contribution in [3.05, 3.63) is 32.6 Å². The van der Waals surface area contributed by atoms with Gasteiger partial charge in [0.25, 0.3) is 5.56 Å². The third kappa shape index (κ3) is 4.34. The Morgan fingerprint density at radius 2 is 2.21 bits per heavy atom. The van der Waals surface area contributed by atoms with Crippen LogP contribution in [0.3, 0.4) is 0 Å². The minimum Gasteiger partial charge on any atom is -0.469 e. The SMILES string of the molecule is COC(=O)CC(=O)SC[C@@H]1C[C@@H](O)[C@H](n2cc(C)c(=O)[nH]c2=O)O1. The summed E-state index contributed by atoms with van der Waals surface area (Å²) < 4.78 is 11.2. The summed E-state index contributed by atoms with van der Waals surface area (Å²) in [5.41, 5.74) is -0.856. The van der Waals surface area contributed by atoms with Gasteiger partial charge in [0.05, 0.1) is 13.2 Å². The van der Waals surface area contributed by atoms with Gasteiger partial charge in [0.15, 0.2) is 11.3 Å². The lowest BCUT2D eigenvalue weighted by atomic mass is 10.2. The number of thioether (sulfide) groups is 1. The highest BCUT2D eigenvalue weighted by Gasteiger charge is 2.36. The van der Waals surface area contributed by atoms with Gasteiger partial charge in [0, 0.05) is 23.9 Å². The van der Waals surface area contributed by atoms with Gasteiger partial charge in [0.1, 0.15) is 12.5 Å². The molecule has 0 radical (unpaired) electrons. The number of aliphatic hydroxyl groups excluding tert-OH is 1. The van der Waals surface area contributed by atoms with E-state index in [4.69, 9.17) is 4.74 Å². The van der Waals surface area contributed by atoms with Crippen LogP contribution in [0.15, 0.2) is 15.8 Å². The highest BCUT2D eigenvalue weighted by Crippen LogP contribution is 2.30. The minimum atomic E-state index is -0.950. The summed E-state index contributed by atoms with van der Waals surface area (Å²) in [5, 5.41) is 9.74. The molecule has 3 atom stereocenters. The third-order valence-electron chi connectivity index (χ3n) is 3.53. The molecule has 1 aromatic heterocycles. The first-order valence-corrected chi connectivity index (χ1v) is 8.18. The second kappa shape index (κ2) is 7.77. The number of nitrogens with one attached hydrogen (secondary N) is 1. The molecule has 2 rings (SSSR count). The van der Waals surface area contributed by atoms with E-state index in [1.807, 2.05) is 0 Å². The van der Waals surface area contributed by atoms with Crippen molar-refractivity contribution < 1.29 is 24.2 Å². The second-order valence-corrected chi connectivity index (χ2v) is 6.44. The summed E-state index contributed by atoms with van der Waals surface area (Å²) in [6.07, 6.45) is -1.13. The molecule has 9 nitrogen and oxygen atoms in total. The first kappa shape index (κ1) is 18.4. The fraction of sp³-hybridized carbons (Fsp3) is 0.571. The summed E-state index contributed by atoms with van der Waals surface area (Å²) in [5.74, 6) is -0.381. The molecule has 24 heavy (non-hydrogen) atoms. The lowest BCUT2D eigenvalue weighted by Gasteiger charge is -2.17. The predicted octanol–water partition coefficient (Wildman–Crippen LogP) is -0.684. The fourth-order valence-electron chi connectivity index (χ4n) is 2.29. The van der Waals surface area contributed by atoms with E-state index in [0.717, 1.165) is 16.3 Å². The zero-order valence-corrected chi connectivity index (χ0v) is 14.0. The molecule has 0 aliphatic carbocycles. The average molecular weight is 358 g/mol. The first-order chi connectivity index (χ1) is 11.3. The molecule has 10 heteroatoms. The van der Waals surface area contributed by atoms with Crippen LogP contribution in [-0.2, 0) is 19.1 Å². The van der Waals surface area contributed by atoms with Crippen molar-refractivity contribution >= 4 is 22.8 Å². The summed E-state index contributed by atoms with van der Waals surface area (Å²) in [4.78, 5) is 48.0. The maximum absolute atomic E-state index is 11.9. The summed E-state index contributed by atoms with van der Waals surface area (Å²) >= 11 is 0.905. The number of aliphatic hydroxyl groups is 1. The second-order valence-electron chi connectivity index (χ2n) is 5.37. The number of rotatable bonds is 5. The molecule has 0 aromatic carbocycles. The number of nitrogens with zero attached hydrogens (tertiary/aromatic N) is 1. The van der Waals surface area contributed by atoms with Crippen molar-refractivity contribution in [3.8, 4) is 0 Å². The van der Waals surface area contributed by atoms with E-state index in [0.29, 0.717) is 5.56 Å². The molecule has 1 aliphatic rings. The quantitative estimate of drug-likeness (QED) is 0.523. The van der Waals surface area contributed by atoms with Crippen molar-refractivity contribution in [2.75, 3.05) is 12.9 Å². The van der Waals surface area contributed by atoms with E-state index in [2.05, 4.69) is 9.72 Å². The van der Waals surface area contributed by atoms with Crippen molar-refractivity contribution in [2.45, 2.75) is 38.2 Å². The maximum atomic E-state index is 11.9. The Morgan fingerprint density at radius 1 is 1.50 bits per heavy atom. The zero-order chi connectivity index (χ0) is 17.9. The number of hydrogen-bond acceptors (Lipinski definition) is 8. The molecule has 1 fully saturated rings. The van der Waals surface area contributed by atoms with Gasteiger partial charge < -0.3 is 14.6 Å². The van der Waals surface area contributed by atoms with Crippen LogP contribution in [-0.4, -0.2) is 50.8 Å². The number of aromatic nitrogens is 2. The van der Waals surface area contributed by atoms with Crippen molar-refractivity contribution in [1.82, 2.24) is 9.55 Å². The third-order valence-corrected chi connectivity index (χ3v) is 4.54. The molecule has 0 spiro atoms. The standard InChI is InChI=1S/C14H18N2O7S/c1-7-5-16(14(21)15-12(7)20)13-9(17)3-8(23-13)6-24-11(19)4-10(18)22-2/h5,8-9,13,17H,3-4,6H2,1-2H3,(H,15,20,21)/t8-,9+,13+/m0/s1. The van der Waals surface area contributed by atoms with Crippen LogP contribution < -0.4 is 11.2 Å². The van der Waals surface area contributed by atoms with E-state index >= 15 is 0 Å². The number of H-pyrrole nitrogens is 1.